The Morgan fingerprint density at radius 3 is 1.38 bits per heavy atom. The third-order valence-electron chi connectivity index (χ3n) is 1.87. The smallest absolute Gasteiger partial charge is 0.00773 e. The molecule has 0 amide bonds. The number of rotatable bonds is 7. The first kappa shape index (κ1) is 15.4. The van der Waals surface area contributed by atoms with Crippen LogP contribution in [-0.2, 0) is 0 Å². The van der Waals surface area contributed by atoms with Crippen molar-refractivity contribution in [3.05, 3.63) is 0 Å². The molecule has 4 N–H and O–H groups in total. The number of unbranched alkanes of at least 4 members (excludes halogenated alkanes) is 5. The summed E-state index contributed by atoms with van der Waals surface area (Å²) in [5, 5.41) is 0. The number of nitrogens with two attached hydrogens (primary N) is 2. The molecule has 13 heavy (non-hydrogen) atoms. The third-order valence-corrected chi connectivity index (χ3v) is 1.87. The molecule has 0 bridgehead atoms. The zero-order chi connectivity index (χ0) is 10.4. The molecule has 0 aliphatic carbocycles. The topological polar surface area (TPSA) is 52.0 Å². The van der Waals surface area contributed by atoms with E-state index in [2.05, 4.69) is 13.8 Å². The van der Waals surface area contributed by atoms with Crippen LogP contribution in [0.1, 0.15) is 58.8 Å². The largest absolute Gasteiger partial charge is 0.330 e. The molecule has 0 radical (unpaired) electrons. The van der Waals surface area contributed by atoms with E-state index in [1.54, 1.807) is 0 Å². The minimum Gasteiger partial charge on any atom is -0.330 e. The van der Waals surface area contributed by atoms with E-state index in [1.165, 1.54) is 44.9 Å². The Morgan fingerprint density at radius 2 is 1.08 bits per heavy atom. The molecule has 0 aliphatic rings. The Bertz CT molecular complexity index is 57.1. The minimum absolute atomic E-state index is 0.844. The molecule has 0 aliphatic heterocycles. The van der Waals surface area contributed by atoms with Crippen molar-refractivity contribution in [3.63, 3.8) is 0 Å². The van der Waals surface area contributed by atoms with Crippen molar-refractivity contribution in [1.82, 2.24) is 0 Å². The predicted molar refractivity (Wildman–Crippen MR) is 61.8 cm³/mol. The molecule has 2 heteroatoms. The summed E-state index contributed by atoms with van der Waals surface area (Å²) in [5.74, 6) is 0. The van der Waals surface area contributed by atoms with Crippen LogP contribution in [0, 0.1) is 0 Å². The lowest BCUT2D eigenvalue weighted by molar-refractivity contribution is 0.638. The first-order valence-corrected chi connectivity index (χ1v) is 5.73. The van der Waals surface area contributed by atoms with Crippen LogP contribution in [0.25, 0.3) is 0 Å². The van der Waals surface area contributed by atoms with E-state index >= 15 is 0 Å². The maximum Gasteiger partial charge on any atom is -0.00773 e. The summed E-state index contributed by atoms with van der Waals surface area (Å²) in [6.07, 6.45) is 8.99. The highest BCUT2D eigenvalue weighted by Crippen LogP contribution is 2.00. The van der Waals surface area contributed by atoms with Crippen molar-refractivity contribution in [2.75, 3.05) is 13.1 Å². The fraction of sp³-hybridized carbons (Fsp3) is 1.00. The van der Waals surface area contributed by atoms with Crippen LogP contribution in [-0.4, -0.2) is 13.1 Å². The number of hydrogen-bond acceptors (Lipinski definition) is 2. The molecule has 0 unspecified atom stereocenters. The predicted octanol–water partition coefficient (Wildman–Crippen LogP) is 2.66. The Hall–Kier alpha value is -0.0800. The Morgan fingerprint density at radius 1 is 0.615 bits per heavy atom. The molecule has 0 spiro atoms. The molecule has 0 atom stereocenters. The second-order valence-electron chi connectivity index (χ2n) is 3.35. The molecule has 82 valence electrons. The summed E-state index contributed by atoms with van der Waals surface area (Å²) in [6, 6.07) is 0. The van der Waals surface area contributed by atoms with Crippen molar-refractivity contribution < 1.29 is 0 Å². The van der Waals surface area contributed by atoms with Crippen LogP contribution < -0.4 is 11.5 Å². The average Bonchev–Trinajstić information content (AvgIpc) is 2.15. The van der Waals surface area contributed by atoms with Crippen LogP contribution in [0.4, 0.5) is 0 Å². The summed E-state index contributed by atoms with van der Waals surface area (Å²) < 4.78 is 0. The van der Waals surface area contributed by atoms with E-state index in [1.807, 2.05) is 0 Å². The van der Waals surface area contributed by atoms with Crippen LogP contribution >= 0.6 is 0 Å². The monoisotopic (exact) mass is 188 g/mol. The van der Waals surface area contributed by atoms with Crippen LogP contribution in [0.5, 0.6) is 0 Å². The van der Waals surface area contributed by atoms with Gasteiger partial charge in [-0.3, -0.25) is 0 Å². The van der Waals surface area contributed by atoms with E-state index in [0.717, 1.165) is 13.1 Å². The van der Waals surface area contributed by atoms with Gasteiger partial charge in [-0.15, -0.1) is 0 Å². The van der Waals surface area contributed by atoms with Gasteiger partial charge in [-0.1, -0.05) is 46.0 Å². The quantitative estimate of drug-likeness (QED) is 0.603. The average molecular weight is 188 g/mol. The molecule has 0 rings (SSSR count). The molecule has 0 aromatic rings. The summed E-state index contributed by atoms with van der Waals surface area (Å²) >= 11 is 0. The SMILES string of the molecule is CCCCCCCN.CCCCN. The van der Waals surface area contributed by atoms with E-state index in [9.17, 15) is 0 Å². The molecule has 0 aromatic carbocycles. The van der Waals surface area contributed by atoms with E-state index in [0.29, 0.717) is 0 Å². The zero-order valence-electron chi connectivity index (χ0n) is 9.52. The van der Waals surface area contributed by atoms with Gasteiger partial charge in [-0.25, -0.2) is 0 Å². The van der Waals surface area contributed by atoms with Gasteiger partial charge >= 0.3 is 0 Å². The fourth-order valence-corrected chi connectivity index (χ4v) is 0.952. The standard InChI is InChI=1S/C7H17N.C4H11N/c1-2-3-4-5-6-7-8;1-2-3-4-5/h2-8H2,1H3;2-5H2,1H3. The highest BCUT2D eigenvalue weighted by atomic mass is 14.5. The normalized spacial score (nSPS) is 9.23. The van der Waals surface area contributed by atoms with Crippen molar-refractivity contribution >= 4 is 0 Å². The van der Waals surface area contributed by atoms with Crippen molar-refractivity contribution in [2.24, 2.45) is 11.5 Å². The minimum atomic E-state index is 0.844. The van der Waals surface area contributed by atoms with Gasteiger partial charge in [0.2, 0.25) is 0 Å². The maximum absolute atomic E-state index is 5.31. The van der Waals surface area contributed by atoms with Gasteiger partial charge < -0.3 is 11.5 Å². The lowest BCUT2D eigenvalue weighted by Gasteiger charge is -1.93. The summed E-state index contributed by atoms with van der Waals surface area (Å²) in [7, 11) is 0. The summed E-state index contributed by atoms with van der Waals surface area (Å²) in [4.78, 5) is 0. The lowest BCUT2D eigenvalue weighted by atomic mass is 10.2. The van der Waals surface area contributed by atoms with Gasteiger partial charge in [0.15, 0.2) is 0 Å². The Labute approximate surface area is 84.1 Å². The molecular weight excluding hydrogens is 160 g/mol. The first-order chi connectivity index (χ1) is 6.33. The van der Waals surface area contributed by atoms with Gasteiger partial charge in [0.05, 0.1) is 0 Å². The molecule has 2 nitrogen and oxygen atoms in total. The highest BCUT2D eigenvalue weighted by molar-refractivity contribution is 4.41. The molecule has 0 aromatic heterocycles. The van der Waals surface area contributed by atoms with Crippen molar-refractivity contribution in [1.29, 1.82) is 0 Å². The molecular formula is C11H28N2. The van der Waals surface area contributed by atoms with Gasteiger partial charge in [0, 0.05) is 0 Å². The summed E-state index contributed by atoms with van der Waals surface area (Å²) in [6.45, 7) is 6.06. The third kappa shape index (κ3) is 24.5. The van der Waals surface area contributed by atoms with Crippen molar-refractivity contribution in [3.8, 4) is 0 Å². The Balaban J connectivity index is 0. The van der Waals surface area contributed by atoms with Crippen molar-refractivity contribution in [2.45, 2.75) is 58.8 Å². The molecule has 0 heterocycles. The lowest BCUT2D eigenvalue weighted by Crippen LogP contribution is -1.97. The Kier molecular flexibility index (Phi) is 21.2. The first-order valence-electron chi connectivity index (χ1n) is 5.73. The van der Waals surface area contributed by atoms with E-state index < -0.39 is 0 Å². The second-order valence-corrected chi connectivity index (χ2v) is 3.35. The van der Waals surface area contributed by atoms with Crippen LogP contribution in [0.15, 0.2) is 0 Å². The van der Waals surface area contributed by atoms with E-state index in [4.69, 9.17) is 11.5 Å². The van der Waals surface area contributed by atoms with Gasteiger partial charge in [-0.05, 0) is 25.9 Å². The second kappa shape index (κ2) is 17.9. The van der Waals surface area contributed by atoms with Gasteiger partial charge in [0.25, 0.3) is 0 Å². The zero-order valence-corrected chi connectivity index (χ0v) is 9.52. The van der Waals surface area contributed by atoms with Gasteiger partial charge in [0.1, 0.15) is 0 Å². The summed E-state index contributed by atoms with van der Waals surface area (Å²) in [5.41, 5.74) is 10.4. The van der Waals surface area contributed by atoms with E-state index in [-0.39, 0.29) is 0 Å². The van der Waals surface area contributed by atoms with Crippen LogP contribution in [0.2, 0.25) is 0 Å². The highest BCUT2D eigenvalue weighted by Gasteiger charge is 1.83. The molecule has 0 fully saturated rings. The maximum atomic E-state index is 5.31. The van der Waals surface area contributed by atoms with Gasteiger partial charge in [-0.2, -0.15) is 0 Å². The fourth-order valence-electron chi connectivity index (χ4n) is 0.952. The van der Waals surface area contributed by atoms with Crippen LogP contribution in [0.3, 0.4) is 0 Å². The molecule has 0 saturated heterocycles. The molecule has 0 saturated carbocycles. The number of hydrogen-bond donors (Lipinski definition) is 2.